The smallest absolute Gasteiger partial charge is 0.188 e. The van der Waals surface area contributed by atoms with Gasteiger partial charge in [-0.05, 0) is 25.6 Å². The highest BCUT2D eigenvalue weighted by molar-refractivity contribution is 14.0. The van der Waals surface area contributed by atoms with Gasteiger partial charge < -0.3 is 11.1 Å². The molecule has 0 aliphatic rings. The second kappa shape index (κ2) is 10.9. The molecule has 0 spiro atoms. The summed E-state index contributed by atoms with van der Waals surface area (Å²) < 4.78 is 0. The van der Waals surface area contributed by atoms with E-state index in [-0.39, 0.29) is 30.0 Å². The van der Waals surface area contributed by atoms with Crippen LogP contribution in [-0.4, -0.2) is 37.0 Å². The first-order valence-electron chi connectivity index (χ1n) is 7.05. The summed E-state index contributed by atoms with van der Waals surface area (Å²) in [6.45, 7) is 9.87. The van der Waals surface area contributed by atoms with Crippen LogP contribution in [0, 0.1) is 0 Å². The summed E-state index contributed by atoms with van der Waals surface area (Å²) in [4.78, 5) is 6.85. The van der Waals surface area contributed by atoms with Gasteiger partial charge in [0.1, 0.15) is 0 Å². The molecule has 0 saturated heterocycles. The fraction of sp³-hybridized carbons (Fsp3) is 0.533. The predicted octanol–water partition coefficient (Wildman–Crippen LogP) is 2.61. The van der Waals surface area contributed by atoms with Crippen LogP contribution < -0.4 is 11.1 Å². The van der Waals surface area contributed by atoms with E-state index in [1.165, 1.54) is 5.56 Å². The number of nitrogens with one attached hydrogen (secondary N) is 1. The van der Waals surface area contributed by atoms with Crippen LogP contribution in [0.4, 0.5) is 0 Å². The molecule has 20 heavy (non-hydrogen) atoms. The third kappa shape index (κ3) is 6.09. The molecule has 1 aromatic rings. The maximum absolute atomic E-state index is 5.81. The number of hydrogen-bond acceptors (Lipinski definition) is 2. The average molecular weight is 390 g/mol. The minimum Gasteiger partial charge on any atom is -0.370 e. The lowest BCUT2D eigenvalue weighted by atomic mass is 10.1. The number of nitrogens with zero attached hydrogens (tertiary/aromatic N) is 2. The van der Waals surface area contributed by atoms with E-state index in [9.17, 15) is 0 Å². The minimum atomic E-state index is 0. The fourth-order valence-electron chi connectivity index (χ4n) is 2.19. The lowest BCUT2D eigenvalue weighted by Gasteiger charge is -2.29. The molecule has 0 bridgehead atoms. The molecular formula is C15H27IN4. The maximum Gasteiger partial charge on any atom is 0.188 e. The van der Waals surface area contributed by atoms with Crippen LogP contribution in [0.2, 0.25) is 0 Å². The summed E-state index contributed by atoms with van der Waals surface area (Å²) in [6.07, 6.45) is 0. The second-order valence-electron chi connectivity index (χ2n) is 4.40. The molecule has 1 unspecified atom stereocenters. The lowest BCUT2D eigenvalue weighted by molar-refractivity contribution is 0.224. The summed E-state index contributed by atoms with van der Waals surface area (Å²) in [5.41, 5.74) is 7.10. The molecule has 1 atom stereocenters. The highest BCUT2D eigenvalue weighted by Gasteiger charge is 2.17. The highest BCUT2D eigenvalue weighted by Crippen LogP contribution is 2.20. The van der Waals surface area contributed by atoms with Crippen molar-refractivity contribution in [3.05, 3.63) is 35.9 Å². The molecule has 114 valence electrons. The van der Waals surface area contributed by atoms with E-state index >= 15 is 0 Å². The summed E-state index contributed by atoms with van der Waals surface area (Å²) in [5.74, 6) is 0.524. The molecule has 4 nitrogen and oxygen atoms in total. The summed E-state index contributed by atoms with van der Waals surface area (Å²) in [7, 11) is 0. The monoisotopic (exact) mass is 390 g/mol. The molecule has 0 heterocycles. The number of hydrogen-bond donors (Lipinski definition) is 2. The first kappa shape index (κ1) is 19.2. The van der Waals surface area contributed by atoms with Crippen molar-refractivity contribution in [2.45, 2.75) is 26.8 Å². The Kier molecular flexibility index (Phi) is 10.5. The summed E-state index contributed by atoms with van der Waals surface area (Å²) in [5, 5.41) is 3.04. The zero-order chi connectivity index (χ0) is 14.1. The zero-order valence-electron chi connectivity index (χ0n) is 12.7. The van der Waals surface area contributed by atoms with Crippen molar-refractivity contribution in [3.8, 4) is 0 Å². The first-order valence-corrected chi connectivity index (χ1v) is 7.05. The number of guanidine groups is 1. The van der Waals surface area contributed by atoms with Gasteiger partial charge in [0, 0.05) is 6.54 Å². The van der Waals surface area contributed by atoms with Crippen LogP contribution in [-0.2, 0) is 0 Å². The van der Waals surface area contributed by atoms with Crippen LogP contribution in [0.15, 0.2) is 35.3 Å². The molecule has 1 aromatic carbocycles. The van der Waals surface area contributed by atoms with Crippen molar-refractivity contribution < 1.29 is 0 Å². The van der Waals surface area contributed by atoms with Gasteiger partial charge in [0.25, 0.3) is 0 Å². The predicted molar refractivity (Wildman–Crippen MR) is 97.7 cm³/mol. The van der Waals surface area contributed by atoms with Crippen molar-refractivity contribution in [2.24, 2.45) is 10.7 Å². The Hall–Kier alpha value is -0.820. The summed E-state index contributed by atoms with van der Waals surface area (Å²) in [6, 6.07) is 10.8. The Bertz CT molecular complexity index is 377. The van der Waals surface area contributed by atoms with Crippen LogP contribution in [0.5, 0.6) is 0 Å². The molecule has 0 saturated carbocycles. The van der Waals surface area contributed by atoms with Crippen LogP contribution in [0.25, 0.3) is 0 Å². The van der Waals surface area contributed by atoms with E-state index in [1.54, 1.807) is 0 Å². The standard InChI is InChI=1S/C15H26N4.HI/c1-4-17-15(16)18-12-14(19(5-2)6-3)13-10-8-7-9-11-13;/h7-11,14H,4-6,12H2,1-3H3,(H3,16,17,18);1H. The van der Waals surface area contributed by atoms with Gasteiger partial charge in [-0.25, -0.2) is 0 Å². The molecule has 1 rings (SSSR count). The highest BCUT2D eigenvalue weighted by atomic mass is 127. The van der Waals surface area contributed by atoms with Gasteiger partial charge in [0.15, 0.2) is 5.96 Å². The Morgan fingerprint density at radius 3 is 2.30 bits per heavy atom. The van der Waals surface area contributed by atoms with Gasteiger partial charge in [-0.2, -0.15) is 0 Å². The zero-order valence-corrected chi connectivity index (χ0v) is 15.0. The van der Waals surface area contributed by atoms with E-state index in [0.29, 0.717) is 12.5 Å². The van der Waals surface area contributed by atoms with Gasteiger partial charge in [0.2, 0.25) is 0 Å². The van der Waals surface area contributed by atoms with E-state index in [2.05, 4.69) is 53.3 Å². The quantitative estimate of drug-likeness (QED) is 0.428. The molecular weight excluding hydrogens is 363 g/mol. The van der Waals surface area contributed by atoms with E-state index in [1.807, 2.05) is 13.0 Å². The number of benzene rings is 1. The van der Waals surface area contributed by atoms with Gasteiger partial charge in [-0.1, -0.05) is 44.2 Å². The Morgan fingerprint density at radius 2 is 1.80 bits per heavy atom. The van der Waals surface area contributed by atoms with Crippen molar-refractivity contribution in [1.29, 1.82) is 0 Å². The van der Waals surface area contributed by atoms with Crippen molar-refractivity contribution in [1.82, 2.24) is 10.2 Å². The molecule has 0 amide bonds. The molecule has 0 aliphatic carbocycles. The summed E-state index contributed by atoms with van der Waals surface area (Å²) >= 11 is 0. The number of nitrogens with two attached hydrogens (primary N) is 1. The molecule has 3 N–H and O–H groups in total. The second-order valence-corrected chi connectivity index (χ2v) is 4.40. The topological polar surface area (TPSA) is 53.6 Å². The molecule has 0 aliphatic heterocycles. The number of aliphatic imine (C=N–C) groups is 1. The van der Waals surface area contributed by atoms with Gasteiger partial charge in [0.05, 0.1) is 12.6 Å². The largest absolute Gasteiger partial charge is 0.370 e. The first-order chi connectivity index (χ1) is 9.22. The van der Waals surface area contributed by atoms with E-state index in [0.717, 1.165) is 19.6 Å². The van der Waals surface area contributed by atoms with E-state index < -0.39 is 0 Å². The lowest BCUT2D eigenvalue weighted by Crippen LogP contribution is -2.34. The molecule has 0 fully saturated rings. The third-order valence-corrected chi connectivity index (χ3v) is 3.23. The molecule has 0 aromatic heterocycles. The van der Waals surface area contributed by atoms with Crippen LogP contribution >= 0.6 is 24.0 Å². The number of halogens is 1. The van der Waals surface area contributed by atoms with Gasteiger partial charge in [-0.3, -0.25) is 9.89 Å². The Balaban J connectivity index is 0.00000361. The number of rotatable bonds is 7. The fourth-order valence-corrected chi connectivity index (χ4v) is 2.19. The van der Waals surface area contributed by atoms with Crippen molar-refractivity contribution >= 4 is 29.9 Å². The van der Waals surface area contributed by atoms with Crippen LogP contribution in [0.1, 0.15) is 32.4 Å². The van der Waals surface area contributed by atoms with Crippen molar-refractivity contribution in [3.63, 3.8) is 0 Å². The molecule has 0 radical (unpaired) electrons. The van der Waals surface area contributed by atoms with Crippen LogP contribution in [0.3, 0.4) is 0 Å². The van der Waals surface area contributed by atoms with Gasteiger partial charge in [-0.15, -0.1) is 24.0 Å². The third-order valence-electron chi connectivity index (χ3n) is 3.23. The Morgan fingerprint density at radius 1 is 1.20 bits per heavy atom. The van der Waals surface area contributed by atoms with Crippen molar-refractivity contribution in [2.75, 3.05) is 26.2 Å². The maximum atomic E-state index is 5.81. The normalized spacial score (nSPS) is 12.9. The Labute approximate surface area is 139 Å². The minimum absolute atomic E-state index is 0. The van der Waals surface area contributed by atoms with Gasteiger partial charge >= 0.3 is 0 Å². The SMILES string of the molecule is CCNC(N)=NCC(c1ccccc1)N(CC)CC.I. The molecule has 5 heteroatoms. The number of likely N-dealkylation sites (N-methyl/N-ethyl adjacent to an activating group) is 1. The van der Waals surface area contributed by atoms with E-state index in [4.69, 9.17) is 5.73 Å². The average Bonchev–Trinajstić information content (AvgIpc) is 2.44.